The molecule has 0 saturated heterocycles. The number of aryl methyl sites for hydroxylation is 1. The normalized spacial score (nSPS) is 11.9. The summed E-state index contributed by atoms with van der Waals surface area (Å²) < 4.78 is 27.9. The van der Waals surface area contributed by atoms with Crippen LogP contribution in [-0.4, -0.2) is 36.5 Å². The van der Waals surface area contributed by atoms with Crippen molar-refractivity contribution in [3.8, 4) is 5.75 Å². The maximum atomic E-state index is 13.4. The van der Waals surface area contributed by atoms with Gasteiger partial charge < -0.3 is 5.11 Å². The third-order valence-electron chi connectivity index (χ3n) is 5.71. The Kier molecular flexibility index (Phi) is 7.69. The summed E-state index contributed by atoms with van der Waals surface area (Å²) in [5.74, 6) is -0.615. The number of halogens is 1. The number of phenols is 1. The third-order valence-corrected chi connectivity index (χ3v) is 7.77. The maximum absolute atomic E-state index is 13.4. The standard InChI is InChI=1S/C27H24ClN3O4S/c1-19-6-2-3-8-21(19)17-31(36(34,35)23-13-11-22(28)12-14-23)18-27(33)30-29-16-25-24-9-5-4-7-20(24)10-15-26(25)32/h2-16,32H,17-18H2,1H3,(H,30,33)/b29-16-. The van der Waals surface area contributed by atoms with E-state index in [9.17, 15) is 18.3 Å². The molecule has 184 valence electrons. The molecule has 4 rings (SSSR count). The van der Waals surface area contributed by atoms with Crippen molar-refractivity contribution in [3.05, 3.63) is 107 Å². The summed E-state index contributed by atoms with van der Waals surface area (Å²) in [7, 11) is -4.02. The Bertz CT molecular complexity index is 1540. The van der Waals surface area contributed by atoms with Crippen LogP contribution < -0.4 is 5.43 Å². The number of carbonyl (C=O) groups is 1. The monoisotopic (exact) mass is 521 g/mol. The quantitative estimate of drug-likeness (QED) is 0.256. The summed E-state index contributed by atoms with van der Waals surface area (Å²) in [6.07, 6.45) is 1.34. The second kappa shape index (κ2) is 10.9. The topological polar surface area (TPSA) is 99.1 Å². The molecule has 0 heterocycles. The molecule has 0 aromatic heterocycles. The largest absolute Gasteiger partial charge is 0.507 e. The van der Waals surface area contributed by atoms with Crippen molar-refractivity contribution >= 4 is 44.5 Å². The fourth-order valence-electron chi connectivity index (χ4n) is 3.74. The van der Waals surface area contributed by atoms with Crippen molar-refractivity contribution in [2.75, 3.05) is 6.54 Å². The van der Waals surface area contributed by atoms with Crippen LogP contribution in [0.5, 0.6) is 5.75 Å². The molecule has 9 heteroatoms. The molecular weight excluding hydrogens is 498 g/mol. The van der Waals surface area contributed by atoms with Gasteiger partial charge in [-0.15, -0.1) is 0 Å². The van der Waals surface area contributed by atoms with Crippen LogP contribution in [0.4, 0.5) is 0 Å². The van der Waals surface area contributed by atoms with Crippen LogP contribution in [0.15, 0.2) is 94.9 Å². The zero-order valence-electron chi connectivity index (χ0n) is 19.4. The predicted octanol–water partition coefficient (Wildman–Crippen LogP) is 4.85. The average Bonchev–Trinajstić information content (AvgIpc) is 2.86. The van der Waals surface area contributed by atoms with Gasteiger partial charge in [0, 0.05) is 17.1 Å². The van der Waals surface area contributed by atoms with Crippen LogP contribution in [-0.2, 0) is 21.4 Å². The number of hydrazone groups is 1. The Morgan fingerprint density at radius 3 is 2.44 bits per heavy atom. The number of fused-ring (bicyclic) bond motifs is 1. The van der Waals surface area contributed by atoms with Crippen LogP contribution >= 0.6 is 11.6 Å². The minimum absolute atomic E-state index is 0.00111. The van der Waals surface area contributed by atoms with Gasteiger partial charge >= 0.3 is 0 Å². The number of aromatic hydroxyl groups is 1. The van der Waals surface area contributed by atoms with E-state index in [1.165, 1.54) is 30.5 Å². The van der Waals surface area contributed by atoms with Gasteiger partial charge in [0.1, 0.15) is 5.75 Å². The summed E-state index contributed by atoms with van der Waals surface area (Å²) in [6, 6.07) is 23.9. The molecule has 4 aromatic rings. The highest BCUT2D eigenvalue weighted by Crippen LogP contribution is 2.25. The second-order valence-electron chi connectivity index (χ2n) is 8.17. The molecule has 2 N–H and O–H groups in total. The second-order valence-corrected chi connectivity index (χ2v) is 10.5. The Balaban J connectivity index is 1.57. The lowest BCUT2D eigenvalue weighted by molar-refractivity contribution is -0.121. The van der Waals surface area contributed by atoms with E-state index >= 15 is 0 Å². The van der Waals surface area contributed by atoms with Crippen LogP contribution in [0, 0.1) is 6.92 Å². The van der Waals surface area contributed by atoms with Crippen LogP contribution in [0.25, 0.3) is 10.8 Å². The predicted molar refractivity (Wildman–Crippen MR) is 142 cm³/mol. The molecule has 0 fully saturated rings. The average molecular weight is 522 g/mol. The summed E-state index contributed by atoms with van der Waals surface area (Å²) in [5.41, 5.74) is 4.49. The highest BCUT2D eigenvalue weighted by atomic mass is 35.5. The van der Waals surface area contributed by atoms with Gasteiger partial charge in [0.25, 0.3) is 5.91 Å². The number of sulfonamides is 1. The van der Waals surface area contributed by atoms with E-state index < -0.39 is 22.5 Å². The Labute approximate surface area is 214 Å². The fourth-order valence-corrected chi connectivity index (χ4v) is 5.24. The molecular formula is C27H24ClN3O4S. The van der Waals surface area contributed by atoms with E-state index in [2.05, 4.69) is 10.5 Å². The van der Waals surface area contributed by atoms with Gasteiger partial charge in [-0.25, -0.2) is 13.8 Å². The lowest BCUT2D eigenvalue weighted by atomic mass is 10.0. The van der Waals surface area contributed by atoms with Crippen LogP contribution in [0.1, 0.15) is 16.7 Å². The number of hydrogen-bond acceptors (Lipinski definition) is 5. The Hall–Kier alpha value is -3.72. The van der Waals surface area contributed by atoms with Gasteiger partial charge in [-0.3, -0.25) is 4.79 Å². The van der Waals surface area contributed by atoms with Gasteiger partial charge in [0.05, 0.1) is 17.7 Å². The van der Waals surface area contributed by atoms with E-state index in [0.717, 1.165) is 26.2 Å². The van der Waals surface area contributed by atoms with Gasteiger partial charge in [0.2, 0.25) is 10.0 Å². The number of nitrogens with one attached hydrogen (secondary N) is 1. The van der Waals surface area contributed by atoms with Crippen molar-refractivity contribution in [1.82, 2.24) is 9.73 Å². The zero-order valence-corrected chi connectivity index (χ0v) is 21.0. The highest BCUT2D eigenvalue weighted by Gasteiger charge is 2.27. The molecule has 0 bridgehead atoms. The molecule has 1 amide bonds. The third kappa shape index (κ3) is 5.73. The zero-order chi connectivity index (χ0) is 25.7. The van der Waals surface area contributed by atoms with Gasteiger partial charge in [-0.05, 0) is 59.2 Å². The summed E-state index contributed by atoms with van der Waals surface area (Å²) >= 11 is 5.93. The van der Waals surface area contributed by atoms with E-state index in [0.29, 0.717) is 10.6 Å². The fraction of sp³-hybridized carbons (Fsp3) is 0.111. The van der Waals surface area contributed by atoms with Gasteiger partial charge in [0.15, 0.2) is 0 Å². The molecule has 0 radical (unpaired) electrons. The first-order valence-corrected chi connectivity index (χ1v) is 12.9. The molecule has 0 atom stereocenters. The minimum atomic E-state index is -4.02. The lowest BCUT2D eigenvalue weighted by Gasteiger charge is -2.22. The van der Waals surface area contributed by atoms with Crippen molar-refractivity contribution < 1.29 is 18.3 Å². The maximum Gasteiger partial charge on any atom is 0.255 e. The van der Waals surface area contributed by atoms with Crippen molar-refractivity contribution in [2.24, 2.45) is 5.10 Å². The molecule has 7 nitrogen and oxygen atoms in total. The lowest BCUT2D eigenvalue weighted by Crippen LogP contribution is -2.39. The smallest absolute Gasteiger partial charge is 0.255 e. The highest BCUT2D eigenvalue weighted by molar-refractivity contribution is 7.89. The van der Waals surface area contributed by atoms with E-state index in [4.69, 9.17) is 11.6 Å². The summed E-state index contributed by atoms with van der Waals surface area (Å²) in [6.45, 7) is 1.42. The minimum Gasteiger partial charge on any atom is -0.507 e. The van der Waals surface area contributed by atoms with Crippen molar-refractivity contribution in [1.29, 1.82) is 0 Å². The first kappa shape index (κ1) is 25.4. The van der Waals surface area contributed by atoms with Crippen LogP contribution in [0.3, 0.4) is 0 Å². The summed E-state index contributed by atoms with van der Waals surface area (Å²) in [4.78, 5) is 12.8. The number of nitrogens with zero attached hydrogens (tertiary/aromatic N) is 2. The van der Waals surface area contributed by atoms with E-state index in [1.54, 1.807) is 12.1 Å². The van der Waals surface area contributed by atoms with Crippen molar-refractivity contribution in [2.45, 2.75) is 18.4 Å². The van der Waals surface area contributed by atoms with Crippen LogP contribution in [0.2, 0.25) is 5.02 Å². The molecule has 0 spiro atoms. The molecule has 36 heavy (non-hydrogen) atoms. The molecule has 4 aromatic carbocycles. The number of benzene rings is 4. The first-order valence-electron chi connectivity index (χ1n) is 11.1. The van der Waals surface area contributed by atoms with Crippen molar-refractivity contribution in [3.63, 3.8) is 0 Å². The number of rotatable bonds is 8. The molecule has 0 saturated carbocycles. The Morgan fingerprint density at radius 2 is 1.69 bits per heavy atom. The SMILES string of the molecule is Cc1ccccc1CN(CC(=O)N/N=C\c1c(O)ccc2ccccc12)S(=O)(=O)c1ccc(Cl)cc1. The molecule has 0 aliphatic heterocycles. The summed E-state index contributed by atoms with van der Waals surface area (Å²) in [5, 5.41) is 16.3. The first-order chi connectivity index (χ1) is 17.3. The molecule has 0 aliphatic rings. The Morgan fingerprint density at radius 1 is 1.00 bits per heavy atom. The molecule has 0 unspecified atom stereocenters. The van der Waals surface area contributed by atoms with Gasteiger partial charge in [-0.2, -0.15) is 9.41 Å². The van der Waals surface area contributed by atoms with Gasteiger partial charge in [-0.1, -0.05) is 66.2 Å². The number of phenolic OH excluding ortho intramolecular Hbond substituents is 1. The number of hydrogen-bond donors (Lipinski definition) is 2. The van der Waals surface area contributed by atoms with E-state index in [1.807, 2.05) is 55.5 Å². The molecule has 0 aliphatic carbocycles. The van der Waals surface area contributed by atoms with E-state index in [-0.39, 0.29) is 17.2 Å². The number of carbonyl (C=O) groups excluding carboxylic acids is 1. The number of amides is 1.